The van der Waals surface area contributed by atoms with Crippen LogP contribution >= 0.6 is 11.3 Å². The van der Waals surface area contributed by atoms with Gasteiger partial charge < -0.3 is 14.6 Å². The molecule has 4 rings (SSSR count). The molecule has 3 aromatic rings. The first kappa shape index (κ1) is 25.1. The molecule has 1 aliphatic rings. The normalized spacial score (nSPS) is 15.5. The molecule has 2 heterocycles. The summed E-state index contributed by atoms with van der Waals surface area (Å²) in [6, 6.07) is 12.8. The Labute approximate surface area is 211 Å². The molecule has 0 radical (unpaired) electrons. The summed E-state index contributed by atoms with van der Waals surface area (Å²) in [5.41, 5.74) is 2.05. The van der Waals surface area contributed by atoms with Gasteiger partial charge in [-0.25, -0.2) is 14.6 Å². The van der Waals surface area contributed by atoms with E-state index < -0.39 is 18.0 Å². The summed E-state index contributed by atoms with van der Waals surface area (Å²) in [7, 11) is 0. The molecule has 0 aliphatic carbocycles. The number of carboxylic acids is 1. The van der Waals surface area contributed by atoms with E-state index in [-0.39, 0.29) is 17.2 Å². The summed E-state index contributed by atoms with van der Waals surface area (Å²) >= 11 is 1.21. The number of rotatable bonds is 7. The fourth-order valence-corrected chi connectivity index (χ4v) is 5.01. The number of carbonyl (C=O) groups is 2. The number of carbonyl (C=O) groups excluding carboxylic acids is 1. The molecule has 0 saturated heterocycles. The van der Waals surface area contributed by atoms with E-state index >= 15 is 0 Å². The number of allylic oxidation sites excluding steroid dienone is 1. The lowest BCUT2D eigenvalue weighted by molar-refractivity contribution is -0.143. The van der Waals surface area contributed by atoms with Gasteiger partial charge in [-0.05, 0) is 69.2 Å². The van der Waals surface area contributed by atoms with Crippen molar-refractivity contribution in [1.29, 1.82) is 0 Å². The van der Waals surface area contributed by atoms with Crippen molar-refractivity contribution in [2.45, 2.75) is 39.8 Å². The number of esters is 1. The zero-order valence-corrected chi connectivity index (χ0v) is 21.2. The highest BCUT2D eigenvalue weighted by Gasteiger charge is 2.33. The average Bonchev–Trinajstić information content (AvgIpc) is 3.13. The van der Waals surface area contributed by atoms with Gasteiger partial charge in [0.15, 0.2) is 4.80 Å². The number of hydrogen-bond donors (Lipinski definition) is 1. The van der Waals surface area contributed by atoms with Gasteiger partial charge in [-0.2, -0.15) is 0 Å². The molecular weight excluding hydrogens is 480 g/mol. The van der Waals surface area contributed by atoms with Crippen LogP contribution in [0.5, 0.6) is 5.75 Å². The molecule has 0 fully saturated rings. The number of benzene rings is 2. The van der Waals surface area contributed by atoms with Crippen molar-refractivity contribution in [3.05, 3.63) is 96.2 Å². The second kappa shape index (κ2) is 10.3. The first-order valence-electron chi connectivity index (χ1n) is 11.5. The minimum Gasteiger partial charge on any atom is -0.494 e. The van der Waals surface area contributed by atoms with E-state index in [2.05, 4.69) is 4.99 Å². The second-order valence-corrected chi connectivity index (χ2v) is 9.47. The van der Waals surface area contributed by atoms with Crippen molar-refractivity contribution >= 4 is 29.4 Å². The van der Waals surface area contributed by atoms with Gasteiger partial charge in [-0.3, -0.25) is 9.36 Å². The van der Waals surface area contributed by atoms with Crippen LogP contribution in [-0.4, -0.2) is 34.3 Å². The number of nitrogens with zero attached hydrogens (tertiary/aromatic N) is 2. The fraction of sp³-hybridized carbons (Fsp3) is 0.259. The zero-order valence-electron chi connectivity index (χ0n) is 20.3. The molecule has 8 nitrogen and oxygen atoms in total. The van der Waals surface area contributed by atoms with Gasteiger partial charge in [0, 0.05) is 0 Å². The Morgan fingerprint density at radius 3 is 2.39 bits per heavy atom. The van der Waals surface area contributed by atoms with Gasteiger partial charge in [0.1, 0.15) is 5.75 Å². The molecule has 1 aromatic heterocycles. The number of aromatic carboxylic acids is 1. The maximum Gasteiger partial charge on any atom is 0.338 e. The molecule has 0 unspecified atom stereocenters. The standard InChI is InChI=1S/C27H26N2O6S/c1-5-34-20-12-10-18(11-13-20)23-22(26(33)35-15(2)3)16(4)28-27-29(23)24(30)21(36-27)14-17-6-8-19(9-7-17)25(31)32/h6-15,23H,5H2,1-4H3,(H,31,32)/b21-14+/t23-/m1/s1. The molecule has 0 spiro atoms. The number of thiazole rings is 1. The summed E-state index contributed by atoms with van der Waals surface area (Å²) < 4.78 is 13.0. The molecule has 0 amide bonds. The molecule has 36 heavy (non-hydrogen) atoms. The molecule has 186 valence electrons. The third kappa shape index (κ3) is 5.01. The Kier molecular flexibility index (Phi) is 7.21. The first-order valence-corrected chi connectivity index (χ1v) is 12.3. The van der Waals surface area contributed by atoms with E-state index in [0.717, 1.165) is 5.56 Å². The molecule has 0 bridgehead atoms. The smallest absolute Gasteiger partial charge is 0.338 e. The van der Waals surface area contributed by atoms with Crippen molar-refractivity contribution in [2.75, 3.05) is 6.61 Å². The Balaban J connectivity index is 1.88. The van der Waals surface area contributed by atoms with Gasteiger partial charge >= 0.3 is 11.9 Å². The van der Waals surface area contributed by atoms with Gasteiger partial charge in [-0.15, -0.1) is 0 Å². The lowest BCUT2D eigenvalue weighted by atomic mass is 9.96. The highest BCUT2D eigenvalue weighted by atomic mass is 32.1. The monoisotopic (exact) mass is 506 g/mol. The number of aromatic nitrogens is 1. The van der Waals surface area contributed by atoms with E-state index in [0.29, 0.717) is 38.5 Å². The van der Waals surface area contributed by atoms with Crippen LogP contribution in [0.25, 0.3) is 6.08 Å². The second-order valence-electron chi connectivity index (χ2n) is 8.47. The molecule has 2 aromatic carbocycles. The third-order valence-corrected chi connectivity index (χ3v) is 6.53. The largest absolute Gasteiger partial charge is 0.494 e. The lowest BCUT2D eigenvalue weighted by Crippen LogP contribution is -2.40. The van der Waals surface area contributed by atoms with Crippen LogP contribution in [0.15, 0.2) is 69.6 Å². The van der Waals surface area contributed by atoms with E-state index in [1.807, 2.05) is 19.1 Å². The quantitative estimate of drug-likeness (QED) is 0.493. The van der Waals surface area contributed by atoms with Crippen LogP contribution in [-0.2, 0) is 9.53 Å². The highest BCUT2D eigenvalue weighted by molar-refractivity contribution is 7.07. The first-order chi connectivity index (χ1) is 17.2. The molecule has 1 N–H and O–H groups in total. The molecule has 1 atom stereocenters. The summed E-state index contributed by atoms with van der Waals surface area (Å²) in [4.78, 5) is 43.0. The predicted octanol–water partition coefficient (Wildman–Crippen LogP) is 3.28. The molecule has 0 saturated carbocycles. The van der Waals surface area contributed by atoms with E-state index in [4.69, 9.17) is 14.6 Å². The van der Waals surface area contributed by atoms with Gasteiger partial charge in [0.2, 0.25) is 0 Å². The summed E-state index contributed by atoms with van der Waals surface area (Å²) in [5, 5.41) is 9.13. The lowest BCUT2D eigenvalue weighted by Gasteiger charge is -2.25. The molecular formula is C27H26N2O6S. The number of carboxylic acid groups (broad SMARTS) is 1. The van der Waals surface area contributed by atoms with Crippen molar-refractivity contribution in [3.8, 4) is 5.75 Å². The van der Waals surface area contributed by atoms with Crippen LogP contribution in [0.2, 0.25) is 0 Å². The number of fused-ring (bicyclic) bond motifs is 1. The van der Waals surface area contributed by atoms with Crippen LogP contribution in [0.3, 0.4) is 0 Å². The maximum atomic E-state index is 13.6. The van der Waals surface area contributed by atoms with E-state index in [9.17, 15) is 14.4 Å². The Hall–Kier alpha value is -3.98. The summed E-state index contributed by atoms with van der Waals surface area (Å²) in [5.74, 6) is -0.860. The Bertz CT molecular complexity index is 1510. The minimum absolute atomic E-state index is 0.160. The van der Waals surface area contributed by atoms with E-state index in [1.54, 1.807) is 51.1 Å². The van der Waals surface area contributed by atoms with Crippen LogP contribution in [0.4, 0.5) is 0 Å². The molecule has 9 heteroatoms. The minimum atomic E-state index is -1.02. The maximum absolute atomic E-state index is 13.6. The summed E-state index contributed by atoms with van der Waals surface area (Å²) in [6.07, 6.45) is 1.35. The van der Waals surface area contributed by atoms with Gasteiger partial charge in [0.25, 0.3) is 5.56 Å². The van der Waals surface area contributed by atoms with Crippen molar-refractivity contribution in [2.24, 2.45) is 4.99 Å². The Morgan fingerprint density at radius 1 is 1.14 bits per heavy atom. The van der Waals surface area contributed by atoms with Crippen LogP contribution in [0, 0.1) is 0 Å². The van der Waals surface area contributed by atoms with Gasteiger partial charge in [-0.1, -0.05) is 35.6 Å². The van der Waals surface area contributed by atoms with Crippen LogP contribution in [0.1, 0.15) is 55.2 Å². The predicted molar refractivity (Wildman–Crippen MR) is 136 cm³/mol. The topological polar surface area (TPSA) is 107 Å². The molecule has 1 aliphatic heterocycles. The third-order valence-electron chi connectivity index (χ3n) is 5.55. The average molecular weight is 507 g/mol. The van der Waals surface area contributed by atoms with E-state index in [1.165, 1.54) is 28.0 Å². The Morgan fingerprint density at radius 2 is 1.81 bits per heavy atom. The highest BCUT2D eigenvalue weighted by Crippen LogP contribution is 2.32. The van der Waals surface area contributed by atoms with Crippen molar-refractivity contribution in [1.82, 2.24) is 4.57 Å². The van der Waals surface area contributed by atoms with Gasteiger partial charge in [0.05, 0.1) is 40.1 Å². The fourth-order valence-electron chi connectivity index (χ4n) is 3.96. The number of ether oxygens (including phenoxy) is 2. The number of hydrogen-bond acceptors (Lipinski definition) is 7. The van der Waals surface area contributed by atoms with Crippen molar-refractivity contribution < 1.29 is 24.2 Å². The summed E-state index contributed by atoms with van der Waals surface area (Å²) in [6.45, 7) is 7.69. The van der Waals surface area contributed by atoms with Crippen molar-refractivity contribution in [3.63, 3.8) is 0 Å². The zero-order chi connectivity index (χ0) is 26.0. The SMILES string of the molecule is CCOc1ccc([C@@H]2C(C(=O)OC(C)C)=C(C)N=c3s/c(=C/c4ccc(C(=O)O)cc4)c(=O)n32)cc1. The van der Waals surface area contributed by atoms with Crippen LogP contribution < -0.4 is 19.6 Å².